The van der Waals surface area contributed by atoms with E-state index in [2.05, 4.69) is 50.4 Å². The van der Waals surface area contributed by atoms with Gasteiger partial charge in [-0.25, -0.2) is 0 Å². The lowest BCUT2D eigenvalue weighted by Crippen LogP contribution is -2.61. The predicted molar refractivity (Wildman–Crippen MR) is 310 cm³/mol. The highest BCUT2D eigenvalue weighted by Crippen LogP contribution is 2.26. The van der Waals surface area contributed by atoms with Crippen LogP contribution in [-0.2, 0) is 23.8 Å². The van der Waals surface area contributed by atoms with Crippen LogP contribution in [0.1, 0.15) is 284 Å². The fourth-order valence-electron chi connectivity index (χ4n) is 9.70. The maximum Gasteiger partial charge on any atom is 0.306 e. The Bertz CT molecular complexity index is 1400. The number of aliphatic hydroxyl groups is 5. The summed E-state index contributed by atoms with van der Waals surface area (Å²) in [6.45, 7) is 5.76. The molecule has 0 aromatic rings. The number of aliphatic hydroxyl groups excluding tert-OH is 5. The lowest BCUT2D eigenvalue weighted by molar-refractivity contribution is -0.305. The van der Waals surface area contributed by atoms with Gasteiger partial charge in [0.2, 0.25) is 5.91 Å². The summed E-state index contributed by atoms with van der Waals surface area (Å²) in [5.74, 6) is -1.26. The molecule has 0 spiro atoms. The van der Waals surface area contributed by atoms with Gasteiger partial charge in [0.15, 0.2) is 12.4 Å². The molecule has 1 fully saturated rings. The molecule has 0 aromatic carbocycles. The molecule has 1 heterocycles. The van der Waals surface area contributed by atoms with Gasteiger partial charge in [0, 0.05) is 6.42 Å². The Morgan fingerprint density at radius 3 is 1.37 bits per heavy atom. The fourth-order valence-corrected chi connectivity index (χ4v) is 9.70. The molecule has 0 bridgehead atoms. The molecule has 8 atom stereocenters. The van der Waals surface area contributed by atoms with Crippen LogP contribution in [0.2, 0.25) is 0 Å². The van der Waals surface area contributed by atoms with Gasteiger partial charge in [-0.3, -0.25) is 9.59 Å². The van der Waals surface area contributed by atoms with Gasteiger partial charge in [-0.1, -0.05) is 256 Å². The Morgan fingerprint density at radius 1 is 0.520 bits per heavy atom. The molecule has 6 N–H and O–H groups in total. The zero-order valence-electron chi connectivity index (χ0n) is 48.4. The summed E-state index contributed by atoms with van der Waals surface area (Å²) < 4.78 is 17.5. The molecular weight excluding hydrogens is 943 g/mol. The molecule has 1 saturated heterocycles. The number of hydrogen-bond donors (Lipinski definition) is 6. The number of amides is 1. The number of nitrogens with one attached hydrogen (secondary N) is 1. The molecule has 1 aliphatic heterocycles. The SMILES string of the molecule is CCCCCCCC/C=C\C/C=C/CCC(=O)OC1C(OCC(NC(=O)C(O)CCCCCCCCCCCC/C=C/CCCCCCCC)C(O)/C=C/CCCCCCCCCCCCC)OC(CO)C(O)C1O. The summed E-state index contributed by atoms with van der Waals surface area (Å²) in [4.78, 5) is 26.5. The molecule has 1 amide bonds. The van der Waals surface area contributed by atoms with Crippen LogP contribution < -0.4 is 5.32 Å². The van der Waals surface area contributed by atoms with Gasteiger partial charge in [-0.2, -0.15) is 0 Å². The average molecular weight is 1060 g/mol. The molecule has 11 nitrogen and oxygen atoms in total. The van der Waals surface area contributed by atoms with Crippen LogP contribution in [0.25, 0.3) is 0 Å². The Labute approximate surface area is 459 Å². The number of carbonyl (C=O) groups excluding carboxylic acids is 2. The van der Waals surface area contributed by atoms with Crippen molar-refractivity contribution in [3.8, 4) is 0 Å². The van der Waals surface area contributed by atoms with Crippen LogP contribution in [0.5, 0.6) is 0 Å². The molecule has 1 aliphatic rings. The van der Waals surface area contributed by atoms with Gasteiger partial charge in [0.25, 0.3) is 0 Å². The van der Waals surface area contributed by atoms with E-state index in [4.69, 9.17) is 14.2 Å². The van der Waals surface area contributed by atoms with Crippen molar-refractivity contribution in [2.75, 3.05) is 13.2 Å². The molecule has 1 rings (SSSR count). The summed E-state index contributed by atoms with van der Waals surface area (Å²) >= 11 is 0. The Kier molecular flexibility index (Phi) is 49.3. The maximum absolute atomic E-state index is 13.4. The second-order valence-electron chi connectivity index (χ2n) is 21.8. The minimum Gasteiger partial charge on any atom is -0.454 e. The molecule has 0 aliphatic carbocycles. The Morgan fingerprint density at radius 2 is 0.920 bits per heavy atom. The standard InChI is InChI=1S/C64H117NO10/c1-4-7-10-13-16-19-22-25-26-27-28-29-30-31-34-36-39-42-45-48-51-57(68)63(72)65-55(56(67)50-47-44-41-38-35-32-23-20-17-14-11-8-5-2)54-73-64-62(61(71)60(70)58(53-66)74-64)75-59(69)52-49-46-43-40-37-33-24-21-18-15-12-9-6-3/h25-26,33,37,43,46-47,50,55-58,60-62,64,66-68,70-71H,4-24,27-32,34-36,38-42,44-45,48-49,51-54H2,1-3H3,(H,65,72)/b26-25+,37-33-,46-43+,50-47+. The third kappa shape index (κ3) is 40.5. The quantitative estimate of drug-likeness (QED) is 0.0195. The van der Waals surface area contributed by atoms with Crippen molar-refractivity contribution in [3.05, 3.63) is 48.6 Å². The van der Waals surface area contributed by atoms with E-state index < -0.39 is 67.4 Å². The first kappa shape index (κ1) is 70.6. The number of rotatable bonds is 53. The van der Waals surface area contributed by atoms with Crippen molar-refractivity contribution < 1.29 is 49.3 Å². The Hall–Kier alpha value is -2.38. The summed E-state index contributed by atoms with van der Waals surface area (Å²) in [7, 11) is 0. The highest BCUT2D eigenvalue weighted by Gasteiger charge is 2.47. The summed E-state index contributed by atoms with van der Waals surface area (Å²) in [6.07, 6.45) is 53.1. The summed E-state index contributed by atoms with van der Waals surface area (Å²) in [6, 6.07) is -1.03. The third-order valence-corrected chi connectivity index (χ3v) is 14.7. The van der Waals surface area contributed by atoms with E-state index >= 15 is 0 Å². The van der Waals surface area contributed by atoms with E-state index in [-0.39, 0.29) is 19.4 Å². The molecule has 0 aromatic heterocycles. The fraction of sp³-hybridized carbons (Fsp3) is 0.844. The van der Waals surface area contributed by atoms with Crippen LogP contribution >= 0.6 is 0 Å². The second kappa shape index (κ2) is 52.3. The van der Waals surface area contributed by atoms with Crippen molar-refractivity contribution in [1.82, 2.24) is 5.32 Å². The smallest absolute Gasteiger partial charge is 0.306 e. The van der Waals surface area contributed by atoms with Crippen LogP contribution in [-0.4, -0.2) is 99.6 Å². The first-order valence-corrected chi connectivity index (χ1v) is 31.4. The highest BCUT2D eigenvalue weighted by molar-refractivity contribution is 5.80. The van der Waals surface area contributed by atoms with Crippen molar-refractivity contribution in [2.45, 2.75) is 333 Å². The van der Waals surface area contributed by atoms with Crippen molar-refractivity contribution in [1.29, 1.82) is 0 Å². The van der Waals surface area contributed by atoms with Gasteiger partial charge in [0.05, 0.1) is 25.4 Å². The summed E-state index contributed by atoms with van der Waals surface area (Å²) in [5.41, 5.74) is 0. The summed E-state index contributed by atoms with van der Waals surface area (Å²) in [5, 5.41) is 56.9. The van der Waals surface area contributed by atoms with Crippen molar-refractivity contribution >= 4 is 11.9 Å². The predicted octanol–water partition coefficient (Wildman–Crippen LogP) is 14.8. The van der Waals surface area contributed by atoms with Gasteiger partial charge >= 0.3 is 5.97 Å². The second-order valence-corrected chi connectivity index (χ2v) is 21.8. The number of carbonyl (C=O) groups is 2. The lowest BCUT2D eigenvalue weighted by Gasteiger charge is -2.41. The molecule has 0 saturated carbocycles. The highest BCUT2D eigenvalue weighted by atomic mass is 16.7. The van der Waals surface area contributed by atoms with E-state index in [1.54, 1.807) is 6.08 Å². The molecule has 0 radical (unpaired) electrons. The zero-order chi connectivity index (χ0) is 54.7. The van der Waals surface area contributed by atoms with Crippen molar-refractivity contribution in [2.24, 2.45) is 0 Å². The largest absolute Gasteiger partial charge is 0.454 e. The average Bonchev–Trinajstić information content (AvgIpc) is 3.41. The maximum atomic E-state index is 13.4. The molecule has 8 unspecified atom stereocenters. The first-order chi connectivity index (χ1) is 36.7. The van der Waals surface area contributed by atoms with Gasteiger partial charge < -0.3 is 45.1 Å². The molecule has 75 heavy (non-hydrogen) atoms. The van der Waals surface area contributed by atoms with Gasteiger partial charge in [-0.15, -0.1) is 0 Å². The van der Waals surface area contributed by atoms with Crippen LogP contribution in [0.15, 0.2) is 48.6 Å². The minimum atomic E-state index is -1.63. The number of allylic oxidation sites excluding steroid dienone is 7. The number of hydrogen-bond acceptors (Lipinski definition) is 10. The van der Waals surface area contributed by atoms with Crippen LogP contribution in [0.4, 0.5) is 0 Å². The minimum absolute atomic E-state index is 0.0184. The lowest BCUT2D eigenvalue weighted by atomic mass is 9.99. The topological polar surface area (TPSA) is 175 Å². The monoisotopic (exact) mass is 1060 g/mol. The zero-order valence-corrected chi connectivity index (χ0v) is 48.4. The van der Waals surface area contributed by atoms with Gasteiger partial charge in [-0.05, 0) is 70.6 Å². The number of esters is 1. The van der Waals surface area contributed by atoms with Crippen molar-refractivity contribution in [3.63, 3.8) is 0 Å². The number of unbranched alkanes of at least 4 members (excludes halogenated alkanes) is 33. The molecular formula is C64H117NO10. The molecule has 11 heteroatoms. The normalized spacial score (nSPS) is 19.5. The first-order valence-electron chi connectivity index (χ1n) is 31.4. The van der Waals surface area contributed by atoms with E-state index in [0.29, 0.717) is 12.8 Å². The molecule has 438 valence electrons. The Balaban J connectivity index is 2.69. The van der Waals surface area contributed by atoms with E-state index in [0.717, 1.165) is 51.4 Å². The van der Waals surface area contributed by atoms with Gasteiger partial charge in [0.1, 0.15) is 24.4 Å². The number of ether oxygens (including phenoxy) is 3. The third-order valence-electron chi connectivity index (χ3n) is 14.7. The van der Waals surface area contributed by atoms with E-state index in [1.807, 2.05) is 18.2 Å². The van der Waals surface area contributed by atoms with E-state index in [1.165, 1.54) is 186 Å². The van der Waals surface area contributed by atoms with Crippen LogP contribution in [0.3, 0.4) is 0 Å². The van der Waals surface area contributed by atoms with Crippen LogP contribution in [0, 0.1) is 0 Å². The van der Waals surface area contributed by atoms with E-state index in [9.17, 15) is 35.1 Å².